The Morgan fingerprint density at radius 3 is 2.64 bits per heavy atom. The van der Waals surface area contributed by atoms with Crippen LogP contribution in [0.4, 0.5) is 4.39 Å². The molecule has 0 saturated heterocycles. The lowest BCUT2D eigenvalue weighted by Crippen LogP contribution is -2.22. The van der Waals surface area contributed by atoms with Crippen LogP contribution in [-0.2, 0) is 0 Å². The van der Waals surface area contributed by atoms with Gasteiger partial charge in [0.05, 0.1) is 0 Å². The van der Waals surface area contributed by atoms with Crippen molar-refractivity contribution in [2.75, 3.05) is 0 Å². The Morgan fingerprint density at radius 2 is 2.14 bits per heavy atom. The first-order valence-corrected chi connectivity index (χ1v) is 4.99. The molecule has 14 heavy (non-hydrogen) atoms. The Balaban J connectivity index is 2.26. The molecule has 0 bridgehead atoms. The predicted molar refractivity (Wildman–Crippen MR) is 52.8 cm³/mol. The molecule has 0 heterocycles. The highest BCUT2D eigenvalue weighted by Crippen LogP contribution is 2.30. The van der Waals surface area contributed by atoms with Crippen molar-refractivity contribution < 1.29 is 9.18 Å². The largest absolute Gasteiger partial charge is 0.294 e. The van der Waals surface area contributed by atoms with Crippen molar-refractivity contribution >= 4 is 5.78 Å². The van der Waals surface area contributed by atoms with Crippen molar-refractivity contribution in [2.45, 2.75) is 26.2 Å². The summed E-state index contributed by atoms with van der Waals surface area (Å²) in [6.07, 6.45) is 3.14. The summed E-state index contributed by atoms with van der Waals surface area (Å²) in [4.78, 5) is 11.8. The molecule has 0 aromatic heterocycles. The van der Waals surface area contributed by atoms with Crippen molar-refractivity contribution in [3.63, 3.8) is 0 Å². The summed E-state index contributed by atoms with van der Waals surface area (Å²) in [5.41, 5.74) is 1.44. The molecule has 2 heteroatoms. The molecule has 1 aromatic rings. The van der Waals surface area contributed by atoms with E-state index >= 15 is 0 Å². The molecule has 1 aliphatic rings. The molecule has 0 N–H and O–H groups in total. The highest BCUT2D eigenvalue weighted by Gasteiger charge is 2.26. The second kappa shape index (κ2) is 3.52. The van der Waals surface area contributed by atoms with Gasteiger partial charge in [-0.3, -0.25) is 4.79 Å². The lowest BCUT2D eigenvalue weighted by molar-refractivity contribution is 0.0854. The number of benzene rings is 1. The zero-order chi connectivity index (χ0) is 10.1. The van der Waals surface area contributed by atoms with Gasteiger partial charge in [0, 0.05) is 11.5 Å². The summed E-state index contributed by atoms with van der Waals surface area (Å²) in [6, 6.07) is 4.39. The molecule has 1 aliphatic carbocycles. The van der Waals surface area contributed by atoms with Gasteiger partial charge in [0.15, 0.2) is 5.78 Å². The van der Waals surface area contributed by atoms with Crippen LogP contribution < -0.4 is 0 Å². The SMILES string of the molecule is Cc1cc(F)ccc1C(=O)C1CCC1. The molecule has 0 radical (unpaired) electrons. The summed E-state index contributed by atoms with van der Waals surface area (Å²) in [5.74, 6) is 0.112. The van der Waals surface area contributed by atoms with Gasteiger partial charge in [-0.1, -0.05) is 6.42 Å². The van der Waals surface area contributed by atoms with E-state index in [1.54, 1.807) is 13.0 Å². The fourth-order valence-corrected chi connectivity index (χ4v) is 1.79. The molecule has 1 aromatic carbocycles. The third-order valence-electron chi connectivity index (χ3n) is 2.93. The quantitative estimate of drug-likeness (QED) is 0.658. The molecule has 1 saturated carbocycles. The van der Waals surface area contributed by atoms with Crippen LogP contribution in [0, 0.1) is 18.7 Å². The van der Waals surface area contributed by atoms with Gasteiger partial charge < -0.3 is 0 Å². The van der Waals surface area contributed by atoms with Gasteiger partial charge in [0.1, 0.15) is 5.82 Å². The standard InChI is InChI=1S/C12H13FO/c1-8-7-10(13)5-6-11(8)12(14)9-3-2-4-9/h5-7,9H,2-4H2,1H3. The fourth-order valence-electron chi connectivity index (χ4n) is 1.79. The van der Waals surface area contributed by atoms with Gasteiger partial charge in [0.2, 0.25) is 0 Å². The van der Waals surface area contributed by atoms with Crippen LogP contribution in [0.2, 0.25) is 0 Å². The number of halogens is 1. The summed E-state index contributed by atoms with van der Waals surface area (Å²) >= 11 is 0. The Hall–Kier alpha value is -1.18. The number of ketones is 1. The smallest absolute Gasteiger partial charge is 0.166 e. The van der Waals surface area contributed by atoms with E-state index in [-0.39, 0.29) is 17.5 Å². The topological polar surface area (TPSA) is 17.1 Å². The first-order chi connectivity index (χ1) is 6.68. The highest BCUT2D eigenvalue weighted by atomic mass is 19.1. The zero-order valence-corrected chi connectivity index (χ0v) is 8.22. The molecule has 0 unspecified atom stereocenters. The van der Waals surface area contributed by atoms with Gasteiger partial charge in [-0.2, -0.15) is 0 Å². The number of carbonyl (C=O) groups is 1. The van der Waals surface area contributed by atoms with E-state index in [1.165, 1.54) is 12.1 Å². The molecular weight excluding hydrogens is 179 g/mol. The average Bonchev–Trinajstić information content (AvgIpc) is 2.00. The molecule has 1 nitrogen and oxygen atoms in total. The Labute approximate surface area is 82.9 Å². The molecule has 1 fully saturated rings. The maximum atomic E-state index is 12.8. The van der Waals surface area contributed by atoms with Crippen molar-refractivity contribution in [1.82, 2.24) is 0 Å². The number of Topliss-reactive ketones (excluding diaryl/α,β-unsaturated/α-hetero) is 1. The van der Waals surface area contributed by atoms with Gasteiger partial charge in [0.25, 0.3) is 0 Å². The van der Waals surface area contributed by atoms with Crippen molar-refractivity contribution in [3.05, 3.63) is 35.1 Å². The second-order valence-corrected chi connectivity index (χ2v) is 3.95. The third kappa shape index (κ3) is 1.57. The van der Waals surface area contributed by atoms with E-state index in [1.807, 2.05) is 0 Å². The van der Waals surface area contributed by atoms with E-state index in [0.717, 1.165) is 24.8 Å². The molecule has 0 aliphatic heterocycles. The molecule has 0 spiro atoms. The highest BCUT2D eigenvalue weighted by molar-refractivity contribution is 5.99. The van der Waals surface area contributed by atoms with Gasteiger partial charge in [-0.15, -0.1) is 0 Å². The van der Waals surface area contributed by atoms with E-state index in [2.05, 4.69) is 0 Å². The summed E-state index contributed by atoms with van der Waals surface area (Å²) < 4.78 is 12.8. The van der Waals surface area contributed by atoms with Crippen LogP contribution in [0.1, 0.15) is 35.2 Å². The Morgan fingerprint density at radius 1 is 1.43 bits per heavy atom. The monoisotopic (exact) mass is 192 g/mol. The normalized spacial score (nSPS) is 16.4. The maximum Gasteiger partial charge on any atom is 0.166 e. The summed E-state index contributed by atoms with van der Waals surface area (Å²) in [6.45, 7) is 1.79. The van der Waals surface area contributed by atoms with E-state index < -0.39 is 0 Å². The molecule has 2 rings (SSSR count). The van der Waals surface area contributed by atoms with E-state index in [9.17, 15) is 9.18 Å². The molecule has 0 atom stereocenters. The number of aryl methyl sites for hydroxylation is 1. The first-order valence-electron chi connectivity index (χ1n) is 4.99. The van der Waals surface area contributed by atoms with Crippen LogP contribution in [0.3, 0.4) is 0 Å². The number of carbonyl (C=O) groups excluding carboxylic acids is 1. The lowest BCUT2D eigenvalue weighted by Gasteiger charge is -2.24. The predicted octanol–water partition coefficient (Wildman–Crippen LogP) is 3.12. The second-order valence-electron chi connectivity index (χ2n) is 3.95. The van der Waals surface area contributed by atoms with Gasteiger partial charge >= 0.3 is 0 Å². The van der Waals surface area contributed by atoms with E-state index in [0.29, 0.717) is 5.56 Å². The van der Waals surface area contributed by atoms with Crippen molar-refractivity contribution in [2.24, 2.45) is 5.92 Å². The average molecular weight is 192 g/mol. The third-order valence-corrected chi connectivity index (χ3v) is 2.93. The maximum absolute atomic E-state index is 12.8. The minimum Gasteiger partial charge on any atom is -0.294 e. The van der Waals surface area contributed by atoms with Gasteiger partial charge in [-0.25, -0.2) is 4.39 Å². The van der Waals surface area contributed by atoms with Gasteiger partial charge in [-0.05, 0) is 43.5 Å². The van der Waals surface area contributed by atoms with Crippen LogP contribution in [0.25, 0.3) is 0 Å². The van der Waals surface area contributed by atoms with Crippen LogP contribution in [0.5, 0.6) is 0 Å². The van der Waals surface area contributed by atoms with Crippen molar-refractivity contribution in [1.29, 1.82) is 0 Å². The Kier molecular flexibility index (Phi) is 2.36. The van der Waals surface area contributed by atoms with Crippen molar-refractivity contribution in [3.8, 4) is 0 Å². The fraction of sp³-hybridized carbons (Fsp3) is 0.417. The number of rotatable bonds is 2. The molecule has 0 amide bonds. The minimum atomic E-state index is -0.271. The molecule has 74 valence electrons. The van der Waals surface area contributed by atoms with Crippen LogP contribution in [0.15, 0.2) is 18.2 Å². The number of hydrogen-bond acceptors (Lipinski definition) is 1. The Bertz CT molecular complexity index is 367. The summed E-state index contributed by atoms with van der Waals surface area (Å²) in [7, 11) is 0. The lowest BCUT2D eigenvalue weighted by atomic mass is 9.79. The minimum absolute atomic E-state index is 0.189. The zero-order valence-electron chi connectivity index (χ0n) is 8.22. The summed E-state index contributed by atoms with van der Waals surface area (Å²) in [5, 5.41) is 0. The molecular formula is C12H13FO. The number of hydrogen-bond donors (Lipinski definition) is 0. The van der Waals surface area contributed by atoms with E-state index in [4.69, 9.17) is 0 Å². The first kappa shape index (κ1) is 9.38. The van der Waals surface area contributed by atoms with Crippen LogP contribution >= 0.6 is 0 Å². The van der Waals surface area contributed by atoms with Crippen LogP contribution in [-0.4, -0.2) is 5.78 Å².